The predicted octanol–water partition coefficient (Wildman–Crippen LogP) is 8.79. The van der Waals surface area contributed by atoms with Crippen molar-refractivity contribution in [1.82, 2.24) is 10.2 Å². The largest absolute Gasteiger partial charge is 0.507 e. The van der Waals surface area contributed by atoms with Crippen LogP contribution in [0.4, 0.5) is 9.52 Å². The number of thioether (sulfide) groups is 1. The monoisotopic (exact) mass is 691 g/mol. The maximum absolute atomic E-state index is 14.1. The number of hydrogen-bond acceptors (Lipinski definition) is 8. The number of carbonyl (C=O) groups is 2. The van der Waals surface area contributed by atoms with E-state index in [0.717, 1.165) is 22.5 Å². The van der Waals surface area contributed by atoms with Crippen molar-refractivity contribution < 1.29 is 23.8 Å². The van der Waals surface area contributed by atoms with Crippen molar-refractivity contribution in [2.24, 2.45) is 0 Å². The van der Waals surface area contributed by atoms with Crippen molar-refractivity contribution >= 4 is 68.9 Å². The Labute approximate surface area is 282 Å². The number of ketones is 1. The van der Waals surface area contributed by atoms with Crippen molar-refractivity contribution in [3.05, 3.63) is 140 Å². The van der Waals surface area contributed by atoms with Gasteiger partial charge in [0.05, 0.1) is 21.7 Å². The zero-order valence-electron chi connectivity index (χ0n) is 24.1. The summed E-state index contributed by atoms with van der Waals surface area (Å²) in [4.78, 5) is 28.3. The van der Waals surface area contributed by atoms with Gasteiger partial charge in [0.15, 0.2) is 4.34 Å². The number of anilines is 1. The first-order valence-electron chi connectivity index (χ1n) is 13.9. The highest BCUT2D eigenvalue weighted by Gasteiger charge is 2.48. The number of amides is 1. The molecule has 12 heteroatoms. The molecule has 232 valence electrons. The minimum Gasteiger partial charge on any atom is -0.507 e. The van der Waals surface area contributed by atoms with Crippen LogP contribution in [0, 0.1) is 12.7 Å². The summed E-state index contributed by atoms with van der Waals surface area (Å²) in [5.41, 5.74) is 3.23. The summed E-state index contributed by atoms with van der Waals surface area (Å²) in [6.07, 6.45) is 0. The van der Waals surface area contributed by atoms with Crippen LogP contribution in [0.1, 0.15) is 33.9 Å². The van der Waals surface area contributed by atoms with Crippen molar-refractivity contribution in [1.29, 1.82) is 0 Å². The zero-order chi connectivity index (χ0) is 32.4. The molecule has 46 heavy (non-hydrogen) atoms. The second kappa shape index (κ2) is 13.6. The van der Waals surface area contributed by atoms with E-state index in [1.165, 1.54) is 28.8 Å². The van der Waals surface area contributed by atoms with Crippen molar-refractivity contribution in [2.75, 3.05) is 4.90 Å². The molecule has 5 aromatic rings. The number of rotatable bonds is 9. The van der Waals surface area contributed by atoms with E-state index in [2.05, 4.69) is 10.2 Å². The molecule has 0 bridgehead atoms. The van der Waals surface area contributed by atoms with Crippen LogP contribution in [0.25, 0.3) is 5.76 Å². The Balaban J connectivity index is 1.32. The molecule has 1 fully saturated rings. The molecular formula is C34H24Cl2FN3O4S2. The van der Waals surface area contributed by atoms with Gasteiger partial charge < -0.3 is 9.84 Å². The molecule has 1 amide bonds. The van der Waals surface area contributed by atoms with E-state index in [-0.39, 0.29) is 32.3 Å². The normalized spacial score (nSPS) is 15.8. The molecule has 1 atom stereocenters. The number of Topliss-reactive ketones (excluding diaryl/α,β-unsaturated/α-hetero) is 1. The average molecular weight is 693 g/mol. The third kappa shape index (κ3) is 6.66. The second-order valence-electron chi connectivity index (χ2n) is 10.4. The van der Waals surface area contributed by atoms with Gasteiger partial charge in [-0.15, -0.1) is 10.2 Å². The van der Waals surface area contributed by atoms with Crippen LogP contribution in [0.15, 0.2) is 101 Å². The molecule has 0 aliphatic carbocycles. The highest BCUT2D eigenvalue weighted by molar-refractivity contribution is 8.00. The topological polar surface area (TPSA) is 92.6 Å². The lowest BCUT2D eigenvalue weighted by Crippen LogP contribution is -2.29. The predicted molar refractivity (Wildman–Crippen MR) is 179 cm³/mol. The van der Waals surface area contributed by atoms with Gasteiger partial charge in [0.1, 0.15) is 23.9 Å². The third-order valence-corrected chi connectivity index (χ3v) is 10.1. The first-order valence-corrected chi connectivity index (χ1v) is 16.5. The molecule has 6 rings (SSSR count). The molecule has 1 unspecified atom stereocenters. The first-order chi connectivity index (χ1) is 22.2. The number of aliphatic hydroxyl groups excluding tert-OH is 1. The molecule has 0 saturated carbocycles. The number of carbonyl (C=O) groups excluding carboxylic acids is 2. The molecule has 0 radical (unpaired) electrons. The van der Waals surface area contributed by atoms with Gasteiger partial charge in [0.2, 0.25) is 5.13 Å². The van der Waals surface area contributed by atoms with Gasteiger partial charge >= 0.3 is 5.91 Å². The fourth-order valence-electron chi connectivity index (χ4n) is 4.97. The van der Waals surface area contributed by atoms with Gasteiger partial charge in [-0.05, 0) is 66.1 Å². The number of benzene rings is 4. The molecule has 0 spiro atoms. The molecule has 1 aliphatic heterocycles. The SMILES string of the molecule is Cc1cccc(COc2ccc(C(O)=C3C(=O)C(=O)N(c4nnc(SCc5ccccc5F)s4)C3c3ccc(Cl)c(Cl)c3)cc2)c1. The lowest BCUT2D eigenvalue weighted by Gasteiger charge is -2.23. The highest BCUT2D eigenvalue weighted by atomic mass is 35.5. The Hall–Kier alpha value is -4.22. The van der Waals surface area contributed by atoms with Crippen molar-refractivity contribution in [2.45, 2.75) is 29.7 Å². The fourth-order valence-corrected chi connectivity index (χ4v) is 7.13. The van der Waals surface area contributed by atoms with Gasteiger partial charge in [-0.3, -0.25) is 14.5 Å². The van der Waals surface area contributed by atoms with Crippen LogP contribution >= 0.6 is 46.3 Å². The molecule has 1 aromatic heterocycles. The summed E-state index contributed by atoms with van der Waals surface area (Å²) in [6.45, 7) is 2.37. The smallest absolute Gasteiger partial charge is 0.301 e. The summed E-state index contributed by atoms with van der Waals surface area (Å²) >= 11 is 14.8. The molecule has 1 N–H and O–H groups in total. The number of aliphatic hydroxyl groups is 1. The van der Waals surface area contributed by atoms with Gasteiger partial charge in [0, 0.05) is 11.3 Å². The minimum absolute atomic E-state index is 0.133. The highest BCUT2D eigenvalue weighted by Crippen LogP contribution is 2.45. The number of aromatic nitrogens is 2. The van der Waals surface area contributed by atoms with Crippen molar-refractivity contribution in [3.63, 3.8) is 0 Å². The molecular weight excluding hydrogens is 668 g/mol. The van der Waals surface area contributed by atoms with E-state index in [1.807, 2.05) is 31.2 Å². The summed E-state index contributed by atoms with van der Waals surface area (Å²) in [7, 11) is 0. The maximum atomic E-state index is 14.1. The Morgan fingerprint density at radius 3 is 2.50 bits per heavy atom. The minimum atomic E-state index is -1.08. The summed E-state index contributed by atoms with van der Waals surface area (Å²) < 4.78 is 20.5. The average Bonchev–Trinajstić information content (AvgIpc) is 3.62. The second-order valence-corrected chi connectivity index (χ2v) is 13.4. The van der Waals surface area contributed by atoms with Crippen molar-refractivity contribution in [3.8, 4) is 5.75 Å². The maximum Gasteiger partial charge on any atom is 0.301 e. The lowest BCUT2D eigenvalue weighted by atomic mass is 9.95. The molecule has 1 saturated heterocycles. The van der Waals surface area contributed by atoms with Crippen LogP contribution in [0.3, 0.4) is 0 Å². The fraction of sp³-hybridized carbons (Fsp3) is 0.118. The Morgan fingerprint density at radius 2 is 1.76 bits per heavy atom. The summed E-state index contributed by atoms with van der Waals surface area (Å²) in [6, 6.07) is 24.6. The van der Waals surface area contributed by atoms with Crippen LogP contribution in [-0.4, -0.2) is 27.0 Å². The van der Waals surface area contributed by atoms with Crippen LogP contribution in [0.5, 0.6) is 5.75 Å². The van der Waals surface area contributed by atoms with Crippen LogP contribution < -0.4 is 9.64 Å². The van der Waals surface area contributed by atoms with Gasteiger partial charge in [-0.1, -0.05) is 100 Å². The van der Waals surface area contributed by atoms with E-state index in [4.69, 9.17) is 27.9 Å². The first kappa shape index (κ1) is 31.7. The number of halogens is 3. The van der Waals surface area contributed by atoms with E-state index in [0.29, 0.717) is 39.1 Å². The Bertz CT molecular complexity index is 1980. The van der Waals surface area contributed by atoms with Gasteiger partial charge in [-0.25, -0.2) is 4.39 Å². The Morgan fingerprint density at radius 1 is 0.978 bits per heavy atom. The van der Waals surface area contributed by atoms with Crippen LogP contribution in [0.2, 0.25) is 10.0 Å². The summed E-state index contributed by atoms with van der Waals surface area (Å²) in [5.74, 6) is -1.65. The summed E-state index contributed by atoms with van der Waals surface area (Å²) in [5, 5.41) is 20.5. The number of nitrogens with zero attached hydrogens (tertiary/aromatic N) is 3. The van der Waals surface area contributed by atoms with Crippen LogP contribution in [-0.2, 0) is 21.9 Å². The molecule has 2 heterocycles. The van der Waals surface area contributed by atoms with E-state index >= 15 is 0 Å². The van der Waals surface area contributed by atoms with E-state index in [1.54, 1.807) is 54.6 Å². The molecule has 4 aromatic carbocycles. The Kier molecular flexibility index (Phi) is 9.42. The standard InChI is InChI=1S/C34H24Cl2FN3O4S2/c1-19-5-4-6-20(15-19)17-44-24-12-9-21(10-13-24)30(41)28-29(22-11-14-25(35)26(36)16-22)40(32(43)31(28)42)33-38-39-34(46-33)45-18-23-7-2-3-8-27(23)37/h2-16,29,41H,17-18H2,1H3. The number of aryl methyl sites for hydroxylation is 1. The quantitative estimate of drug-likeness (QED) is 0.0543. The molecule has 7 nitrogen and oxygen atoms in total. The zero-order valence-corrected chi connectivity index (χ0v) is 27.3. The number of hydrogen-bond donors (Lipinski definition) is 1. The van der Waals surface area contributed by atoms with E-state index in [9.17, 15) is 19.1 Å². The van der Waals surface area contributed by atoms with Gasteiger partial charge in [0.25, 0.3) is 5.78 Å². The number of ether oxygens (including phenoxy) is 1. The van der Waals surface area contributed by atoms with E-state index < -0.39 is 17.7 Å². The lowest BCUT2D eigenvalue weighted by molar-refractivity contribution is -0.132. The third-order valence-electron chi connectivity index (χ3n) is 7.23. The van der Waals surface area contributed by atoms with Gasteiger partial charge in [-0.2, -0.15) is 0 Å². The molecule has 1 aliphatic rings.